The van der Waals surface area contributed by atoms with Crippen LogP contribution < -0.4 is 5.32 Å². The fraction of sp³-hybridized carbons (Fsp3) is 0.333. The van der Waals surface area contributed by atoms with Gasteiger partial charge in [0.1, 0.15) is 5.76 Å². The Hall–Kier alpha value is -0.900. The number of rotatable bonds is 5. The molecule has 4 heteroatoms. The van der Waals surface area contributed by atoms with Gasteiger partial charge in [0.25, 0.3) is 0 Å². The monoisotopic (exact) mass is 293 g/mol. The molecule has 100 valence electrons. The largest absolute Gasteiger partial charge is 0.468 e. The van der Waals surface area contributed by atoms with E-state index in [1.807, 2.05) is 13.0 Å². The molecule has 0 amide bonds. The van der Waals surface area contributed by atoms with E-state index < -0.39 is 0 Å². The number of benzene rings is 1. The molecule has 1 aliphatic rings. The Morgan fingerprint density at radius 1 is 1.32 bits per heavy atom. The summed E-state index contributed by atoms with van der Waals surface area (Å²) in [4.78, 5) is 2.19. The van der Waals surface area contributed by atoms with E-state index in [-0.39, 0.29) is 0 Å². The Morgan fingerprint density at radius 2 is 2.16 bits per heavy atom. The maximum absolute atomic E-state index is 6.35. The summed E-state index contributed by atoms with van der Waals surface area (Å²) in [5.74, 6) is 0.931. The van der Waals surface area contributed by atoms with E-state index in [2.05, 4.69) is 23.5 Å². The highest BCUT2D eigenvalue weighted by Crippen LogP contribution is 2.35. The van der Waals surface area contributed by atoms with Gasteiger partial charge in [-0.3, -0.25) is 0 Å². The van der Waals surface area contributed by atoms with E-state index in [0.29, 0.717) is 0 Å². The average molecular weight is 294 g/mol. The summed E-state index contributed by atoms with van der Waals surface area (Å²) < 4.78 is 5.30. The van der Waals surface area contributed by atoms with Gasteiger partial charge in [-0.1, -0.05) is 29.4 Å². The Bertz CT molecular complexity index is 577. The van der Waals surface area contributed by atoms with Crippen molar-refractivity contribution >= 4 is 23.4 Å². The lowest BCUT2D eigenvalue weighted by Gasteiger charge is -2.07. The van der Waals surface area contributed by atoms with Crippen LogP contribution in [0.1, 0.15) is 24.2 Å². The van der Waals surface area contributed by atoms with E-state index in [0.717, 1.165) is 33.2 Å². The molecule has 1 saturated carbocycles. The summed E-state index contributed by atoms with van der Waals surface area (Å²) >= 11 is 8.00. The van der Waals surface area contributed by atoms with E-state index >= 15 is 0 Å². The number of aryl methyl sites for hydroxylation is 1. The molecule has 0 unspecified atom stereocenters. The number of hydrogen-bond donors (Lipinski definition) is 1. The first-order valence-corrected chi connectivity index (χ1v) is 7.65. The molecule has 0 atom stereocenters. The van der Waals surface area contributed by atoms with Crippen molar-refractivity contribution in [2.24, 2.45) is 0 Å². The summed E-state index contributed by atoms with van der Waals surface area (Å²) in [5.41, 5.74) is 1.24. The van der Waals surface area contributed by atoms with Crippen LogP contribution in [0.15, 0.2) is 44.7 Å². The van der Waals surface area contributed by atoms with E-state index in [9.17, 15) is 0 Å². The van der Waals surface area contributed by atoms with Gasteiger partial charge >= 0.3 is 0 Å². The lowest BCUT2D eigenvalue weighted by Crippen LogP contribution is -2.15. The molecule has 0 spiro atoms. The van der Waals surface area contributed by atoms with Gasteiger partial charge in [0.05, 0.1) is 16.2 Å². The summed E-state index contributed by atoms with van der Waals surface area (Å²) in [7, 11) is 0. The van der Waals surface area contributed by atoms with Crippen LogP contribution in [0.4, 0.5) is 0 Å². The summed E-state index contributed by atoms with van der Waals surface area (Å²) in [6, 6.07) is 8.97. The maximum atomic E-state index is 6.35. The number of halogens is 1. The molecule has 19 heavy (non-hydrogen) atoms. The van der Waals surface area contributed by atoms with E-state index in [4.69, 9.17) is 16.0 Å². The molecule has 1 aromatic carbocycles. The van der Waals surface area contributed by atoms with Crippen molar-refractivity contribution in [1.29, 1.82) is 0 Å². The van der Waals surface area contributed by atoms with Crippen LogP contribution in [-0.4, -0.2) is 6.04 Å². The number of hydrogen-bond acceptors (Lipinski definition) is 3. The average Bonchev–Trinajstić information content (AvgIpc) is 3.14. The van der Waals surface area contributed by atoms with Crippen LogP contribution in [0.3, 0.4) is 0 Å². The van der Waals surface area contributed by atoms with E-state index in [1.165, 1.54) is 18.4 Å². The van der Waals surface area contributed by atoms with Crippen molar-refractivity contribution in [3.8, 4) is 0 Å². The molecule has 1 N–H and O–H groups in total. The second kappa shape index (κ2) is 5.61. The fourth-order valence-corrected chi connectivity index (χ4v) is 3.05. The minimum atomic E-state index is 0.724. The third-order valence-electron chi connectivity index (χ3n) is 3.20. The van der Waals surface area contributed by atoms with E-state index in [1.54, 1.807) is 18.0 Å². The Morgan fingerprint density at radius 3 is 2.79 bits per heavy atom. The predicted molar refractivity (Wildman–Crippen MR) is 78.9 cm³/mol. The van der Waals surface area contributed by atoms with Gasteiger partial charge in [0.2, 0.25) is 0 Å². The first-order chi connectivity index (χ1) is 9.22. The molecule has 1 fully saturated rings. The first kappa shape index (κ1) is 13.1. The van der Waals surface area contributed by atoms with Crippen molar-refractivity contribution in [1.82, 2.24) is 5.32 Å². The number of furan rings is 1. The molecule has 3 rings (SSSR count). The molecule has 1 heterocycles. The lowest BCUT2D eigenvalue weighted by molar-refractivity contribution is 0.527. The van der Waals surface area contributed by atoms with Crippen LogP contribution in [-0.2, 0) is 6.54 Å². The highest BCUT2D eigenvalue weighted by molar-refractivity contribution is 7.99. The quantitative estimate of drug-likeness (QED) is 0.869. The Balaban J connectivity index is 1.70. The van der Waals surface area contributed by atoms with Crippen molar-refractivity contribution in [3.05, 3.63) is 46.9 Å². The molecule has 0 bridgehead atoms. The molecule has 2 aromatic rings. The molecule has 1 aromatic heterocycles. The van der Waals surface area contributed by atoms with Gasteiger partial charge in [0, 0.05) is 17.5 Å². The fourth-order valence-electron chi connectivity index (χ4n) is 1.88. The van der Waals surface area contributed by atoms with Crippen LogP contribution >= 0.6 is 23.4 Å². The SMILES string of the molecule is Cc1occc1Sc1ccc(CNC2CC2)cc1Cl. The van der Waals surface area contributed by atoms with Crippen molar-refractivity contribution in [2.45, 2.75) is 42.1 Å². The molecular weight excluding hydrogens is 278 g/mol. The first-order valence-electron chi connectivity index (χ1n) is 6.46. The van der Waals surface area contributed by atoms with Crippen LogP contribution in [0.5, 0.6) is 0 Å². The summed E-state index contributed by atoms with van der Waals surface area (Å²) in [6.45, 7) is 2.87. The highest BCUT2D eigenvalue weighted by atomic mass is 35.5. The lowest BCUT2D eigenvalue weighted by atomic mass is 10.2. The molecule has 0 saturated heterocycles. The topological polar surface area (TPSA) is 25.2 Å². The zero-order chi connectivity index (χ0) is 13.2. The second-order valence-corrected chi connectivity index (χ2v) is 6.35. The minimum absolute atomic E-state index is 0.724. The summed E-state index contributed by atoms with van der Waals surface area (Å²) in [6.07, 6.45) is 4.32. The van der Waals surface area contributed by atoms with Gasteiger partial charge in [-0.2, -0.15) is 0 Å². The van der Waals surface area contributed by atoms with Gasteiger partial charge in [-0.15, -0.1) is 0 Å². The smallest absolute Gasteiger partial charge is 0.114 e. The minimum Gasteiger partial charge on any atom is -0.468 e. The van der Waals surface area contributed by atoms with Crippen molar-refractivity contribution < 1.29 is 4.42 Å². The number of nitrogens with one attached hydrogen (secondary N) is 1. The third-order valence-corrected chi connectivity index (χ3v) is 4.84. The standard InChI is InChI=1S/C15H16ClNOS/c1-10-14(6-7-18-10)19-15-5-2-11(8-13(15)16)9-17-12-3-4-12/h2,5-8,12,17H,3-4,9H2,1H3. The zero-order valence-electron chi connectivity index (χ0n) is 10.8. The van der Waals surface area contributed by atoms with Gasteiger partial charge in [0.15, 0.2) is 0 Å². The molecule has 1 aliphatic carbocycles. The van der Waals surface area contributed by atoms with Gasteiger partial charge in [-0.05, 0) is 43.5 Å². The normalized spacial score (nSPS) is 14.8. The van der Waals surface area contributed by atoms with Crippen LogP contribution in [0.2, 0.25) is 5.02 Å². The third kappa shape index (κ3) is 3.35. The van der Waals surface area contributed by atoms with Crippen molar-refractivity contribution in [3.63, 3.8) is 0 Å². The highest BCUT2D eigenvalue weighted by Gasteiger charge is 2.20. The molecule has 0 aliphatic heterocycles. The van der Waals surface area contributed by atoms with Crippen molar-refractivity contribution in [2.75, 3.05) is 0 Å². The Labute approximate surface area is 122 Å². The predicted octanol–water partition coefficient (Wildman–Crippen LogP) is 4.64. The molecule has 2 nitrogen and oxygen atoms in total. The van der Waals surface area contributed by atoms with Gasteiger partial charge < -0.3 is 9.73 Å². The zero-order valence-corrected chi connectivity index (χ0v) is 12.4. The van der Waals surface area contributed by atoms with Crippen LogP contribution in [0, 0.1) is 6.92 Å². The molecular formula is C15H16ClNOS. The maximum Gasteiger partial charge on any atom is 0.114 e. The molecule has 0 radical (unpaired) electrons. The Kier molecular flexibility index (Phi) is 3.87. The second-order valence-electron chi connectivity index (χ2n) is 4.86. The van der Waals surface area contributed by atoms with Gasteiger partial charge in [-0.25, -0.2) is 0 Å². The van der Waals surface area contributed by atoms with Crippen LogP contribution in [0.25, 0.3) is 0 Å². The summed E-state index contributed by atoms with van der Waals surface area (Å²) in [5, 5.41) is 4.30.